The van der Waals surface area contributed by atoms with Crippen molar-refractivity contribution in [2.45, 2.75) is 50.1 Å². The molecular formula is C23H30N6O. The van der Waals surface area contributed by atoms with E-state index in [4.69, 9.17) is 10.7 Å². The van der Waals surface area contributed by atoms with E-state index in [1.807, 2.05) is 17.0 Å². The number of hydrogen-bond acceptors (Lipinski definition) is 5. The Bertz CT molecular complexity index is 889. The quantitative estimate of drug-likeness (QED) is 0.669. The molecule has 0 atom stereocenters. The van der Waals surface area contributed by atoms with Crippen LogP contribution in [0.3, 0.4) is 0 Å². The van der Waals surface area contributed by atoms with E-state index in [-0.39, 0.29) is 11.4 Å². The second kappa shape index (κ2) is 8.73. The maximum atomic E-state index is 12.8. The van der Waals surface area contributed by atoms with Crippen LogP contribution < -0.4 is 16.4 Å². The number of carbonyl (C=O) groups is 1. The molecule has 2 fully saturated rings. The number of nitrogens with zero attached hydrogens (tertiary/aromatic N) is 3. The van der Waals surface area contributed by atoms with Crippen LogP contribution in [0.4, 0.5) is 11.4 Å². The Labute approximate surface area is 177 Å². The molecule has 1 saturated carbocycles. The first-order chi connectivity index (χ1) is 14.6. The molecule has 1 saturated heterocycles. The van der Waals surface area contributed by atoms with Crippen LogP contribution in [0.2, 0.25) is 0 Å². The Hall–Kier alpha value is -3.09. The zero-order valence-electron chi connectivity index (χ0n) is 17.3. The molecule has 4 rings (SSSR count). The zero-order valence-corrected chi connectivity index (χ0v) is 17.3. The van der Waals surface area contributed by atoms with Gasteiger partial charge in [0.25, 0.3) is 5.91 Å². The summed E-state index contributed by atoms with van der Waals surface area (Å²) < 4.78 is 0. The molecule has 3 aliphatic rings. The van der Waals surface area contributed by atoms with Crippen LogP contribution in [0.1, 0.15) is 38.5 Å². The molecule has 0 aromatic heterocycles. The Morgan fingerprint density at radius 3 is 2.57 bits per heavy atom. The average molecular weight is 407 g/mol. The van der Waals surface area contributed by atoms with E-state index in [2.05, 4.69) is 34.3 Å². The topological polar surface area (TPSA) is 95.1 Å². The van der Waals surface area contributed by atoms with E-state index >= 15 is 0 Å². The van der Waals surface area contributed by atoms with Gasteiger partial charge in [0, 0.05) is 25.5 Å². The Morgan fingerprint density at radius 1 is 1.20 bits per heavy atom. The van der Waals surface area contributed by atoms with Gasteiger partial charge in [-0.15, -0.1) is 0 Å². The molecule has 4 N–H and O–H groups in total. The molecule has 1 aliphatic carbocycles. The summed E-state index contributed by atoms with van der Waals surface area (Å²) in [4.78, 5) is 23.9. The molecule has 0 bridgehead atoms. The van der Waals surface area contributed by atoms with Crippen LogP contribution in [-0.2, 0) is 4.79 Å². The summed E-state index contributed by atoms with van der Waals surface area (Å²) in [5.74, 6) is 0.903. The number of hydrogen-bond donors (Lipinski definition) is 3. The minimum Gasteiger partial charge on any atom is -0.403 e. The van der Waals surface area contributed by atoms with Gasteiger partial charge in [0.05, 0.1) is 23.0 Å². The third-order valence-corrected chi connectivity index (χ3v) is 6.26. The highest BCUT2D eigenvalue weighted by Crippen LogP contribution is 2.38. The fourth-order valence-electron chi connectivity index (χ4n) is 4.57. The highest BCUT2D eigenvalue weighted by atomic mass is 16.2. The Balaban J connectivity index is 1.56. The zero-order chi connectivity index (χ0) is 21.0. The van der Waals surface area contributed by atoms with Gasteiger partial charge < -0.3 is 21.3 Å². The van der Waals surface area contributed by atoms with Crippen LogP contribution >= 0.6 is 0 Å². The van der Waals surface area contributed by atoms with E-state index in [1.54, 1.807) is 0 Å². The number of aliphatic imine (C=N–C) groups is 2. The summed E-state index contributed by atoms with van der Waals surface area (Å²) in [7, 11) is 0. The van der Waals surface area contributed by atoms with E-state index in [0.29, 0.717) is 24.8 Å². The van der Waals surface area contributed by atoms with Crippen LogP contribution in [0.5, 0.6) is 0 Å². The highest BCUT2D eigenvalue weighted by Gasteiger charge is 2.44. The number of benzene rings is 1. The predicted octanol–water partition coefficient (Wildman–Crippen LogP) is 3.28. The number of amides is 1. The summed E-state index contributed by atoms with van der Waals surface area (Å²) in [5.41, 5.74) is 7.53. The van der Waals surface area contributed by atoms with Gasteiger partial charge in [0.2, 0.25) is 0 Å². The lowest BCUT2D eigenvalue weighted by molar-refractivity contribution is -0.125. The second-order valence-corrected chi connectivity index (χ2v) is 8.15. The van der Waals surface area contributed by atoms with E-state index < -0.39 is 0 Å². The number of rotatable bonds is 4. The molecule has 1 aromatic rings. The van der Waals surface area contributed by atoms with Crippen LogP contribution in [0.15, 0.2) is 59.3 Å². The largest absolute Gasteiger partial charge is 0.403 e. The second-order valence-electron chi connectivity index (χ2n) is 8.15. The number of anilines is 2. The number of piperidine rings is 1. The van der Waals surface area contributed by atoms with Gasteiger partial charge in [-0.2, -0.15) is 0 Å². The van der Waals surface area contributed by atoms with Gasteiger partial charge in [0.15, 0.2) is 0 Å². The standard InChI is InChI=1S/C23H30N6O/c1-2-18(25-14-13-24)21(30)29-15-11-23(12-16-29)22(26-17-7-3-4-8-17)27-19-9-5-6-10-20(19)28-23/h2,5-6,9-10,13-14,17,28H,1,3-4,7-8,11-12,15-16,24H2,(H,26,27)/b14-13-,25-18?. The molecule has 1 spiro atoms. The van der Waals surface area contributed by atoms with Crippen LogP contribution in [-0.4, -0.2) is 47.0 Å². The van der Waals surface area contributed by atoms with Crippen molar-refractivity contribution in [3.8, 4) is 0 Å². The van der Waals surface area contributed by atoms with Gasteiger partial charge in [-0.25, -0.2) is 4.99 Å². The SMILES string of the molecule is C=CC(=N/C=C\N)C(=O)N1CCC2(CC1)Nc1ccccc1NC2=NC1CCCC1. The molecule has 158 valence electrons. The van der Waals surface area contributed by atoms with Gasteiger partial charge >= 0.3 is 0 Å². The van der Waals surface area contributed by atoms with Crippen molar-refractivity contribution in [1.82, 2.24) is 4.90 Å². The lowest BCUT2D eigenvalue weighted by Gasteiger charge is -2.46. The van der Waals surface area contributed by atoms with Gasteiger partial charge in [-0.05, 0) is 43.9 Å². The van der Waals surface area contributed by atoms with Crippen molar-refractivity contribution in [2.24, 2.45) is 15.7 Å². The first-order valence-corrected chi connectivity index (χ1v) is 10.7. The van der Waals surface area contributed by atoms with Crippen molar-refractivity contribution >= 4 is 28.8 Å². The highest BCUT2D eigenvalue weighted by molar-refractivity contribution is 6.43. The fourth-order valence-corrected chi connectivity index (χ4v) is 4.57. The molecule has 2 heterocycles. The lowest BCUT2D eigenvalue weighted by atomic mass is 9.83. The first kappa shape index (κ1) is 20.2. The molecule has 0 unspecified atom stereocenters. The van der Waals surface area contributed by atoms with Crippen molar-refractivity contribution in [3.05, 3.63) is 49.3 Å². The van der Waals surface area contributed by atoms with Gasteiger partial charge in [0.1, 0.15) is 11.5 Å². The number of nitrogens with two attached hydrogens (primary N) is 1. The first-order valence-electron chi connectivity index (χ1n) is 10.7. The Kier molecular flexibility index (Phi) is 5.88. The summed E-state index contributed by atoms with van der Waals surface area (Å²) >= 11 is 0. The molecule has 1 aromatic carbocycles. The minimum atomic E-state index is -0.281. The summed E-state index contributed by atoms with van der Waals surface area (Å²) in [6.45, 7) is 4.96. The van der Waals surface area contributed by atoms with Crippen molar-refractivity contribution < 1.29 is 4.79 Å². The number of fused-ring (bicyclic) bond motifs is 1. The molecule has 30 heavy (non-hydrogen) atoms. The summed E-state index contributed by atoms with van der Waals surface area (Å²) in [6, 6.07) is 8.63. The van der Waals surface area contributed by atoms with Crippen molar-refractivity contribution in [1.29, 1.82) is 0 Å². The lowest BCUT2D eigenvalue weighted by Crippen LogP contribution is -2.59. The van der Waals surface area contributed by atoms with Crippen molar-refractivity contribution in [3.63, 3.8) is 0 Å². The van der Waals surface area contributed by atoms with E-state index in [9.17, 15) is 4.79 Å². The molecule has 7 heteroatoms. The molecule has 7 nitrogen and oxygen atoms in total. The van der Waals surface area contributed by atoms with Crippen LogP contribution in [0.25, 0.3) is 0 Å². The third-order valence-electron chi connectivity index (χ3n) is 6.26. The Morgan fingerprint density at radius 2 is 1.90 bits per heavy atom. The molecule has 2 aliphatic heterocycles. The third kappa shape index (κ3) is 3.97. The monoisotopic (exact) mass is 406 g/mol. The van der Waals surface area contributed by atoms with Crippen LogP contribution in [0, 0.1) is 0 Å². The summed E-state index contributed by atoms with van der Waals surface area (Å²) in [5, 5.41) is 7.38. The predicted molar refractivity (Wildman–Crippen MR) is 123 cm³/mol. The summed E-state index contributed by atoms with van der Waals surface area (Å²) in [6.07, 6.45) is 10.6. The number of nitrogens with one attached hydrogen (secondary N) is 2. The van der Waals surface area contributed by atoms with E-state index in [1.165, 1.54) is 31.3 Å². The molecular weight excluding hydrogens is 376 g/mol. The normalized spacial score (nSPS) is 22.7. The number of likely N-dealkylation sites (tertiary alicyclic amines) is 1. The minimum absolute atomic E-state index is 0.114. The smallest absolute Gasteiger partial charge is 0.272 e. The average Bonchev–Trinajstić information content (AvgIpc) is 3.28. The molecule has 0 radical (unpaired) electrons. The number of carbonyl (C=O) groups excluding carboxylic acids is 1. The number of para-hydroxylation sites is 2. The maximum Gasteiger partial charge on any atom is 0.272 e. The fraction of sp³-hybridized carbons (Fsp3) is 0.435. The van der Waals surface area contributed by atoms with Crippen molar-refractivity contribution in [2.75, 3.05) is 23.7 Å². The number of amidine groups is 1. The van der Waals surface area contributed by atoms with E-state index in [0.717, 1.165) is 42.9 Å². The molecule has 1 amide bonds. The maximum absolute atomic E-state index is 12.8. The van der Waals surface area contributed by atoms with Gasteiger partial charge in [-0.3, -0.25) is 9.79 Å². The van der Waals surface area contributed by atoms with Gasteiger partial charge in [-0.1, -0.05) is 31.6 Å².